The van der Waals surface area contributed by atoms with Gasteiger partial charge in [0.15, 0.2) is 18.2 Å². The highest BCUT2D eigenvalue weighted by Gasteiger charge is 2.28. The van der Waals surface area contributed by atoms with Crippen molar-refractivity contribution in [3.8, 4) is 5.75 Å². The van der Waals surface area contributed by atoms with Crippen LogP contribution >= 0.6 is 12.4 Å². The van der Waals surface area contributed by atoms with E-state index in [-0.39, 0.29) is 36.9 Å². The maximum Gasteiger partial charge on any atom is 0.258 e. The number of carbonyl (C=O) groups excluding carboxylic acids is 1. The van der Waals surface area contributed by atoms with Gasteiger partial charge in [-0.1, -0.05) is 18.2 Å². The third-order valence-electron chi connectivity index (χ3n) is 4.56. The van der Waals surface area contributed by atoms with Crippen molar-refractivity contribution in [3.05, 3.63) is 65.2 Å². The third-order valence-corrected chi connectivity index (χ3v) is 4.56. The Morgan fingerprint density at radius 2 is 2.04 bits per heavy atom. The van der Waals surface area contributed by atoms with Crippen molar-refractivity contribution >= 4 is 18.3 Å². The minimum atomic E-state index is -0.867. The third kappa shape index (κ3) is 5.65. The zero-order valence-electron chi connectivity index (χ0n) is 15.0. The summed E-state index contributed by atoms with van der Waals surface area (Å²) in [5.41, 5.74) is 1.74. The number of rotatable bonds is 5. The molecule has 0 spiro atoms. The molecule has 1 aliphatic heterocycles. The zero-order chi connectivity index (χ0) is 18.5. The largest absolute Gasteiger partial charge is 0.484 e. The molecule has 2 aromatic carbocycles. The van der Waals surface area contributed by atoms with E-state index >= 15 is 0 Å². The quantitative estimate of drug-likeness (QED) is 0.815. The van der Waals surface area contributed by atoms with Gasteiger partial charge in [0.2, 0.25) is 0 Å². The zero-order valence-corrected chi connectivity index (χ0v) is 15.8. The summed E-state index contributed by atoms with van der Waals surface area (Å²) >= 11 is 0. The van der Waals surface area contributed by atoms with E-state index in [1.807, 2.05) is 25.1 Å². The van der Waals surface area contributed by atoms with E-state index in [9.17, 15) is 13.6 Å². The lowest BCUT2D eigenvalue weighted by molar-refractivity contribution is -0.124. The first kappa shape index (κ1) is 21.1. The Kier molecular flexibility index (Phi) is 7.56. The predicted molar refractivity (Wildman–Crippen MR) is 102 cm³/mol. The molecular formula is C20H23ClF2N2O2. The number of ether oxygens (including phenoxy) is 1. The van der Waals surface area contributed by atoms with Gasteiger partial charge >= 0.3 is 0 Å². The van der Waals surface area contributed by atoms with Crippen LogP contribution in [0.15, 0.2) is 42.5 Å². The first-order chi connectivity index (χ1) is 12.5. The molecular weight excluding hydrogens is 374 g/mol. The van der Waals surface area contributed by atoms with Gasteiger partial charge in [0.25, 0.3) is 5.91 Å². The molecule has 0 saturated carbocycles. The second-order valence-corrected chi connectivity index (χ2v) is 6.55. The van der Waals surface area contributed by atoms with Crippen LogP contribution in [-0.4, -0.2) is 31.6 Å². The Morgan fingerprint density at radius 1 is 1.22 bits per heavy atom. The molecule has 2 atom stereocenters. The van der Waals surface area contributed by atoms with Crippen molar-refractivity contribution in [2.45, 2.75) is 25.3 Å². The second-order valence-electron chi connectivity index (χ2n) is 6.55. The number of hydrogen-bond donors (Lipinski definition) is 2. The van der Waals surface area contributed by atoms with E-state index in [0.29, 0.717) is 17.9 Å². The molecule has 0 aliphatic carbocycles. The van der Waals surface area contributed by atoms with E-state index in [0.717, 1.165) is 24.6 Å². The lowest BCUT2D eigenvalue weighted by atomic mass is 9.86. The standard InChI is InChI=1S/C20H22F2N2O2.ClH/c1-13-3-2-4-15(9-13)26-12-20(25)24-19-11-23-8-7-16(19)14-5-6-17(21)18(22)10-14;/h2-6,9-10,16,19,23H,7-8,11-12H2,1H3,(H,24,25);1H. The Bertz CT molecular complexity index is 788. The summed E-state index contributed by atoms with van der Waals surface area (Å²) in [5.74, 6) is -1.41. The Hall–Kier alpha value is -2.18. The molecule has 0 aromatic heterocycles. The highest BCUT2D eigenvalue weighted by atomic mass is 35.5. The molecule has 2 aromatic rings. The van der Waals surface area contributed by atoms with Gasteiger partial charge in [-0.25, -0.2) is 8.78 Å². The summed E-state index contributed by atoms with van der Waals surface area (Å²) in [5, 5.41) is 6.17. The summed E-state index contributed by atoms with van der Waals surface area (Å²) in [6, 6.07) is 11.2. The highest BCUT2D eigenvalue weighted by Crippen LogP contribution is 2.27. The number of aryl methyl sites for hydroxylation is 1. The maximum atomic E-state index is 13.6. The number of amides is 1. The molecule has 2 N–H and O–H groups in total. The topological polar surface area (TPSA) is 50.4 Å². The van der Waals surface area contributed by atoms with Crippen LogP contribution in [0.2, 0.25) is 0 Å². The molecule has 1 heterocycles. The van der Waals surface area contributed by atoms with Crippen LogP contribution in [-0.2, 0) is 4.79 Å². The van der Waals surface area contributed by atoms with E-state index in [2.05, 4.69) is 10.6 Å². The minimum absolute atomic E-state index is 0. The van der Waals surface area contributed by atoms with Gasteiger partial charge in [-0.05, 0) is 55.3 Å². The van der Waals surface area contributed by atoms with Crippen molar-refractivity contribution in [2.24, 2.45) is 0 Å². The van der Waals surface area contributed by atoms with Crippen molar-refractivity contribution in [2.75, 3.05) is 19.7 Å². The van der Waals surface area contributed by atoms with Crippen LogP contribution in [0.3, 0.4) is 0 Å². The van der Waals surface area contributed by atoms with Crippen LogP contribution in [0.25, 0.3) is 0 Å². The van der Waals surface area contributed by atoms with E-state index in [1.54, 1.807) is 12.1 Å². The average Bonchev–Trinajstić information content (AvgIpc) is 2.63. The van der Waals surface area contributed by atoms with Crippen LogP contribution < -0.4 is 15.4 Å². The summed E-state index contributed by atoms with van der Waals surface area (Å²) in [6.07, 6.45) is 0.731. The molecule has 1 amide bonds. The first-order valence-electron chi connectivity index (χ1n) is 8.67. The van der Waals surface area contributed by atoms with Crippen molar-refractivity contribution in [1.82, 2.24) is 10.6 Å². The van der Waals surface area contributed by atoms with E-state index in [4.69, 9.17) is 4.74 Å². The minimum Gasteiger partial charge on any atom is -0.484 e. The summed E-state index contributed by atoms with van der Waals surface area (Å²) in [4.78, 5) is 12.3. The molecule has 1 saturated heterocycles. The summed E-state index contributed by atoms with van der Waals surface area (Å²) in [7, 11) is 0. The molecule has 3 rings (SSSR count). The SMILES string of the molecule is Cc1cccc(OCC(=O)NC2CNCCC2c2ccc(F)c(F)c2)c1.Cl. The molecule has 4 nitrogen and oxygen atoms in total. The van der Waals surface area contributed by atoms with Crippen LogP contribution in [0.4, 0.5) is 8.78 Å². The van der Waals surface area contributed by atoms with Gasteiger partial charge in [-0.3, -0.25) is 4.79 Å². The molecule has 1 aliphatic rings. The molecule has 1 fully saturated rings. The Morgan fingerprint density at radius 3 is 2.78 bits per heavy atom. The Labute approximate surface area is 163 Å². The highest BCUT2D eigenvalue weighted by molar-refractivity contribution is 5.85. The van der Waals surface area contributed by atoms with Gasteiger partial charge in [0.1, 0.15) is 5.75 Å². The summed E-state index contributed by atoms with van der Waals surface area (Å²) in [6.45, 7) is 3.19. The fourth-order valence-electron chi connectivity index (χ4n) is 3.25. The lowest BCUT2D eigenvalue weighted by Gasteiger charge is -2.33. The number of hydrogen-bond acceptors (Lipinski definition) is 3. The van der Waals surface area contributed by atoms with E-state index < -0.39 is 11.6 Å². The van der Waals surface area contributed by atoms with Gasteiger partial charge < -0.3 is 15.4 Å². The lowest BCUT2D eigenvalue weighted by Crippen LogP contribution is -2.51. The van der Waals surface area contributed by atoms with Gasteiger partial charge in [0, 0.05) is 18.5 Å². The van der Waals surface area contributed by atoms with Crippen molar-refractivity contribution < 1.29 is 18.3 Å². The van der Waals surface area contributed by atoms with Gasteiger partial charge in [-0.2, -0.15) is 0 Å². The number of halogens is 3. The molecule has 2 unspecified atom stereocenters. The number of piperidine rings is 1. The predicted octanol–water partition coefficient (Wildman–Crippen LogP) is 3.34. The number of carbonyl (C=O) groups is 1. The number of nitrogens with one attached hydrogen (secondary N) is 2. The molecule has 0 bridgehead atoms. The van der Waals surface area contributed by atoms with Crippen molar-refractivity contribution in [1.29, 1.82) is 0 Å². The fraction of sp³-hybridized carbons (Fsp3) is 0.350. The van der Waals surface area contributed by atoms with Gasteiger partial charge in [-0.15, -0.1) is 12.4 Å². The maximum absolute atomic E-state index is 13.6. The first-order valence-corrected chi connectivity index (χ1v) is 8.67. The van der Waals surface area contributed by atoms with Crippen molar-refractivity contribution in [3.63, 3.8) is 0 Å². The monoisotopic (exact) mass is 396 g/mol. The fourth-order valence-corrected chi connectivity index (χ4v) is 3.25. The van der Waals surface area contributed by atoms with Crippen LogP contribution in [0.1, 0.15) is 23.5 Å². The smallest absolute Gasteiger partial charge is 0.258 e. The molecule has 0 radical (unpaired) electrons. The average molecular weight is 397 g/mol. The molecule has 146 valence electrons. The van der Waals surface area contributed by atoms with E-state index in [1.165, 1.54) is 6.07 Å². The normalized spacial score (nSPS) is 19.1. The molecule has 27 heavy (non-hydrogen) atoms. The Balaban J connectivity index is 0.00000261. The summed E-state index contributed by atoms with van der Waals surface area (Å²) < 4.78 is 32.3. The van der Waals surface area contributed by atoms with Crippen LogP contribution in [0.5, 0.6) is 5.75 Å². The van der Waals surface area contributed by atoms with Gasteiger partial charge in [0.05, 0.1) is 0 Å². The molecule has 7 heteroatoms. The number of benzene rings is 2. The van der Waals surface area contributed by atoms with Crippen LogP contribution in [0, 0.1) is 18.6 Å². The second kappa shape index (κ2) is 9.67.